The second kappa shape index (κ2) is 12.5. The number of imidazole rings is 1. The van der Waals surface area contributed by atoms with E-state index in [-0.39, 0.29) is 24.3 Å². The highest BCUT2D eigenvalue weighted by atomic mass is 16.6. The summed E-state index contributed by atoms with van der Waals surface area (Å²) in [6.07, 6.45) is 1.31. The number of benzene rings is 3. The summed E-state index contributed by atoms with van der Waals surface area (Å²) in [4.78, 5) is 30.8. The number of hydrogen-bond acceptors (Lipinski definition) is 5. The number of ether oxygens (including phenoxy) is 1. The maximum atomic E-state index is 13.2. The van der Waals surface area contributed by atoms with Crippen molar-refractivity contribution in [2.75, 3.05) is 6.54 Å². The van der Waals surface area contributed by atoms with E-state index in [2.05, 4.69) is 70.9 Å². The first-order chi connectivity index (χ1) is 20.6. The van der Waals surface area contributed by atoms with Crippen molar-refractivity contribution in [3.63, 3.8) is 0 Å². The zero-order chi connectivity index (χ0) is 30.6. The van der Waals surface area contributed by atoms with Gasteiger partial charge in [-0.15, -0.1) is 4.99 Å². The number of hydrogen-bond donors (Lipinski definition) is 1. The third kappa shape index (κ3) is 7.30. The molecule has 0 aliphatic heterocycles. The first kappa shape index (κ1) is 29.6. The first-order valence-electron chi connectivity index (χ1n) is 14.3. The lowest BCUT2D eigenvalue weighted by molar-refractivity contribution is 0.0592. The highest BCUT2D eigenvalue weighted by molar-refractivity contribution is 5.91. The molecule has 9 heteroatoms. The monoisotopic (exact) mass is 579 g/mol. The van der Waals surface area contributed by atoms with E-state index in [0.717, 1.165) is 33.3 Å². The Hall–Kier alpha value is -4.92. The van der Waals surface area contributed by atoms with Crippen LogP contribution in [0.25, 0.3) is 11.0 Å². The van der Waals surface area contributed by atoms with Crippen molar-refractivity contribution in [1.82, 2.24) is 19.6 Å². The molecule has 0 saturated carbocycles. The number of aromatic nitrogens is 3. The van der Waals surface area contributed by atoms with E-state index in [0.29, 0.717) is 18.6 Å². The lowest BCUT2D eigenvalue weighted by atomic mass is 10.0. The van der Waals surface area contributed by atoms with Gasteiger partial charge in [0.05, 0.1) is 29.8 Å². The van der Waals surface area contributed by atoms with Crippen molar-refractivity contribution in [3.8, 4) is 0 Å². The van der Waals surface area contributed by atoms with Crippen molar-refractivity contribution in [3.05, 3.63) is 119 Å². The van der Waals surface area contributed by atoms with Gasteiger partial charge in [-0.3, -0.25) is 4.79 Å². The van der Waals surface area contributed by atoms with Crippen molar-refractivity contribution in [2.24, 2.45) is 4.99 Å². The van der Waals surface area contributed by atoms with Gasteiger partial charge < -0.3 is 23.7 Å². The molecule has 0 spiro atoms. The Morgan fingerprint density at radius 2 is 1.53 bits per heavy atom. The molecule has 2 aromatic heterocycles. The van der Waals surface area contributed by atoms with Crippen LogP contribution in [0.4, 0.5) is 4.79 Å². The van der Waals surface area contributed by atoms with Crippen molar-refractivity contribution < 1.29 is 18.8 Å². The molecule has 1 atom stereocenters. The summed E-state index contributed by atoms with van der Waals surface area (Å²) in [7, 11) is 0. The molecule has 43 heavy (non-hydrogen) atoms. The van der Waals surface area contributed by atoms with Gasteiger partial charge in [0.1, 0.15) is 5.60 Å². The lowest BCUT2D eigenvalue weighted by Crippen LogP contribution is -2.38. The fourth-order valence-corrected chi connectivity index (χ4v) is 5.00. The Morgan fingerprint density at radius 3 is 2.14 bits per heavy atom. The maximum absolute atomic E-state index is 13.2. The van der Waals surface area contributed by atoms with Gasteiger partial charge in [0.15, 0.2) is 0 Å². The third-order valence-corrected chi connectivity index (χ3v) is 7.05. The molecule has 3 aromatic carbocycles. The smallest absolute Gasteiger partial charge is 0.437 e. The maximum Gasteiger partial charge on any atom is 0.437 e. The summed E-state index contributed by atoms with van der Waals surface area (Å²) in [5.41, 5.74) is 5.96. The molecule has 5 rings (SSSR count). The van der Waals surface area contributed by atoms with E-state index in [9.17, 15) is 9.59 Å². The minimum absolute atomic E-state index is 0.125. The molecule has 0 radical (unpaired) electrons. The Labute approximate surface area is 250 Å². The van der Waals surface area contributed by atoms with Gasteiger partial charge in [-0.2, -0.15) is 0 Å². The molecule has 0 aliphatic rings. The molecular formula is C34H37N5O4. The first-order valence-corrected chi connectivity index (χ1v) is 14.3. The topological polar surface area (TPSA) is 104 Å². The molecule has 9 nitrogen and oxygen atoms in total. The van der Waals surface area contributed by atoms with Crippen LogP contribution in [0.1, 0.15) is 59.6 Å². The van der Waals surface area contributed by atoms with Gasteiger partial charge in [0.25, 0.3) is 5.91 Å². The summed E-state index contributed by atoms with van der Waals surface area (Å²) in [6, 6.07) is 25.7. The van der Waals surface area contributed by atoms with Crippen LogP contribution in [0, 0.1) is 13.8 Å². The Balaban J connectivity index is 1.68. The van der Waals surface area contributed by atoms with E-state index in [4.69, 9.17) is 9.26 Å². The molecule has 0 saturated heterocycles. The van der Waals surface area contributed by atoms with Crippen molar-refractivity contribution >= 4 is 23.0 Å². The minimum atomic E-state index is -0.717. The third-order valence-electron chi connectivity index (χ3n) is 7.05. The zero-order valence-electron chi connectivity index (χ0n) is 25.2. The minimum Gasteiger partial charge on any atom is -0.442 e. The number of nitrogens with one attached hydrogen (secondary N) is 1. The highest BCUT2D eigenvalue weighted by Gasteiger charge is 2.24. The molecule has 5 aromatic rings. The fraction of sp³-hybridized carbons (Fsp3) is 0.294. The van der Waals surface area contributed by atoms with Gasteiger partial charge in [0.2, 0.25) is 11.4 Å². The van der Waals surface area contributed by atoms with Gasteiger partial charge >= 0.3 is 6.09 Å². The molecule has 1 unspecified atom stereocenters. The normalized spacial score (nSPS) is 12.8. The van der Waals surface area contributed by atoms with Crippen molar-refractivity contribution in [1.29, 1.82) is 0 Å². The number of carbonyl (C=O) groups excluding carboxylic acids is 2. The van der Waals surface area contributed by atoms with Crippen LogP contribution in [0.5, 0.6) is 0 Å². The average Bonchev–Trinajstić information content (AvgIpc) is 3.60. The number of aryl methyl sites for hydroxylation is 2. The number of rotatable bonds is 8. The highest BCUT2D eigenvalue weighted by Crippen LogP contribution is 2.22. The standard InChI is InChI=1S/C34H37N5O4/c1-23-10-14-25(15-11-23)20-27(21-35-31(40)30-18-19-36-43-30)39-29-9-7-6-8-28(29)38(22-26-16-12-24(2)13-17-26)32(39)37-33(41)42-34(3,4)5/h6-19,27H,20-22H2,1-5H3,(H,35,40). The molecule has 1 N–H and O–H groups in total. The van der Waals surface area contributed by atoms with E-state index in [1.807, 2.05) is 61.1 Å². The zero-order valence-corrected chi connectivity index (χ0v) is 25.2. The second-order valence-electron chi connectivity index (χ2n) is 11.8. The van der Waals surface area contributed by atoms with E-state index < -0.39 is 11.7 Å². The van der Waals surface area contributed by atoms with Crippen LogP contribution in [-0.2, 0) is 17.7 Å². The lowest BCUT2D eigenvalue weighted by Gasteiger charge is -2.21. The molecule has 0 aliphatic carbocycles. The summed E-state index contributed by atoms with van der Waals surface area (Å²) in [5.74, 6) is -0.249. The molecule has 2 heterocycles. The predicted octanol–water partition coefficient (Wildman–Crippen LogP) is 6.15. The SMILES string of the molecule is Cc1ccc(CC(CNC(=O)c2ccno2)n2c(=NC(=O)OC(C)(C)C)n(Cc3ccc(C)cc3)c3ccccc32)cc1. The van der Waals surface area contributed by atoms with Crippen LogP contribution >= 0.6 is 0 Å². The van der Waals surface area contributed by atoms with Crippen LogP contribution in [0.2, 0.25) is 0 Å². The Morgan fingerprint density at radius 1 is 0.907 bits per heavy atom. The van der Waals surface area contributed by atoms with Gasteiger partial charge in [-0.05, 0) is 64.3 Å². The van der Waals surface area contributed by atoms with Crippen LogP contribution in [0.3, 0.4) is 0 Å². The molecule has 2 amide bonds. The molecule has 0 bridgehead atoms. The average molecular weight is 580 g/mol. The second-order valence-corrected chi connectivity index (χ2v) is 11.8. The number of nitrogens with zero attached hydrogens (tertiary/aromatic N) is 4. The summed E-state index contributed by atoms with van der Waals surface area (Å²) < 4.78 is 14.8. The summed E-state index contributed by atoms with van der Waals surface area (Å²) in [5, 5.41) is 6.66. The fourth-order valence-electron chi connectivity index (χ4n) is 5.00. The Kier molecular flexibility index (Phi) is 8.61. The number of carbonyl (C=O) groups is 2. The van der Waals surface area contributed by atoms with Gasteiger partial charge in [-0.25, -0.2) is 4.79 Å². The quantitative estimate of drug-likeness (QED) is 0.238. The van der Waals surface area contributed by atoms with Crippen LogP contribution < -0.4 is 10.9 Å². The molecular weight excluding hydrogens is 542 g/mol. The van der Waals surface area contributed by atoms with E-state index in [1.165, 1.54) is 12.3 Å². The number of fused-ring (bicyclic) bond motifs is 1. The predicted molar refractivity (Wildman–Crippen MR) is 165 cm³/mol. The van der Waals surface area contributed by atoms with E-state index >= 15 is 0 Å². The van der Waals surface area contributed by atoms with E-state index in [1.54, 1.807) is 0 Å². The number of para-hydroxylation sites is 2. The van der Waals surface area contributed by atoms with Crippen molar-refractivity contribution in [2.45, 2.75) is 59.2 Å². The van der Waals surface area contributed by atoms with Gasteiger partial charge in [0, 0.05) is 12.6 Å². The van der Waals surface area contributed by atoms with Gasteiger partial charge in [-0.1, -0.05) is 76.9 Å². The Bertz CT molecular complexity index is 1770. The summed E-state index contributed by atoms with van der Waals surface area (Å²) >= 11 is 0. The van der Waals surface area contributed by atoms with Crippen LogP contribution in [0.15, 0.2) is 94.6 Å². The molecule has 222 valence electrons. The molecule has 0 fully saturated rings. The van der Waals surface area contributed by atoms with Crippen LogP contribution in [-0.4, -0.2) is 38.4 Å². The number of amides is 2. The summed E-state index contributed by atoms with van der Waals surface area (Å²) in [6.45, 7) is 10.3. The largest absolute Gasteiger partial charge is 0.442 e.